The topological polar surface area (TPSA) is 77.8 Å². The Kier molecular flexibility index (Phi) is 2.80. The van der Waals surface area contributed by atoms with Crippen molar-refractivity contribution >= 4 is 11.9 Å². The second-order valence-corrected chi connectivity index (χ2v) is 4.44. The van der Waals surface area contributed by atoms with E-state index in [0.717, 1.165) is 0 Å². The monoisotopic (exact) mass is 201 g/mol. The van der Waals surface area contributed by atoms with Crippen molar-refractivity contribution in [3.05, 3.63) is 0 Å². The molecule has 0 radical (unpaired) electrons. The van der Waals surface area contributed by atoms with Gasteiger partial charge in [-0.3, -0.25) is 4.79 Å². The first-order chi connectivity index (χ1) is 6.37. The smallest absolute Gasteiger partial charge is 0.394 e. The van der Waals surface area contributed by atoms with Crippen molar-refractivity contribution in [2.75, 3.05) is 13.2 Å². The summed E-state index contributed by atoms with van der Waals surface area (Å²) in [6.45, 7) is 4.11. The van der Waals surface area contributed by atoms with Crippen molar-refractivity contribution in [3.8, 4) is 0 Å². The molecule has 1 aliphatic heterocycles. The van der Waals surface area contributed by atoms with Gasteiger partial charge in [-0.2, -0.15) is 0 Å². The van der Waals surface area contributed by atoms with Crippen LogP contribution < -0.4 is 0 Å². The van der Waals surface area contributed by atoms with Gasteiger partial charge >= 0.3 is 11.9 Å². The molecule has 0 saturated carbocycles. The third kappa shape index (κ3) is 2.04. The molecule has 0 bridgehead atoms. The lowest BCUT2D eigenvalue weighted by molar-refractivity contribution is -0.156. The average molecular weight is 201 g/mol. The fourth-order valence-electron chi connectivity index (χ4n) is 1.93. The second kappa shape index (κ2) is 3.57. The first-order valence-electron chi connectivity index (χ1n) is 4.52. The Hall–Kier alpha value is -1.10. The Balaban J connectivity index is 2.78. The van der Waals surface area contributed by atoms with Gasteiger partial charge in [-0.25, -0.2) is 4.79 Å². The van der Waals surface area contributed by atoms with Gasteiger partial charge in [0.25, 0.3) is 0 Å². The summed E-state index contributed by atoms with van der Waals surface area (Å²) in [6.07, 6.45) is 0.641. The number of aliphatic hydroxyl groups is 1. The summed E-state index contributed by atoms with van der Waals surface area (Å²) in [6, 6.07) is -0.353. The number of carbonyl (C=O) groups excluding carboxylic acids is 1. The van der Waals surface area contributed by atoms with Crippen molar-refractivity contribution in [3.63, 3.8) is 0 Å². The van der Waals surface area contributed by atoms with Crippen molar-refractivity contribution in [2.24, 2.45) is 5.41 Å². The summed E-state index contributed by atoms with van der Waals surface area (Å²) in [5, 5.41) is 17.6. The van der Waals surface area contributed by atoms with Gasteiger partial charge in [-0.1, -0.05) is 13.8 Å². The summed E-state index contributed by atoms with van der Waals surface area (Å²) in [5.41, 5.74) is -0.113. The van der Waals surface area contributed by atoms with Crippen LogP contribution in [0.25, 0.3) is 0 Å². The Morgan fingerprint density at radius 3 is 2.50 bits per heavy atom. The fourth-order valence-corrected chi connectivity index (χ4v) is 1.93. The summed E-state index contributed by atoms with van der Waals surface area (Å²) >= 11 is 0. The number of rotatable bonds is 1. The molecular formula is C9H15NO4. The highest BCUT2D eigenvalue weighted by Crippen LogP contribution is 2.33. The lowest BCUT2D eigenvalue weighted by Gasteiger charge is -2.20. The van der Waals surface area contributed by atoms with Crippen LogP contribution in [0.5, 0.6) is 0 Å². The van der Waals surface area contributed by atoms with Crippen molar-refractivity contribution < 1.29 is 19.8 Å². The lowest BCUT2D eigenvalue weighted by Crippen LogP contribution is -2.42. The molecule has 0 aromatic heterocycles. The molecule has 0 spiro atoms. The van der Waals surface area contributed by atoms with E-state index in [1.165, 1.54) is 4.90 Å². The van der Waals surface area contributed by atoms with Crippen LogP contribution in [0.2, 0.25) is 0 Å². The minimum atomic E-state index is -1.46. The number of hydrogen-bond donors (Lipinski definition) is 2. The number of aliphatic hydroxyl groups excluding tert-OH is 1. The normalized spacial score (nSPS) is 25.1. The Labute approximate surface area is 82.3 Å². The highest BCUT2D eigenvalue weighted by Gasteiger charge is 2.41. The SMILES string of the molecule is CC1(C)CC(CO)N(C(=O)C(=O)O)C1. The number of aliphatic carboxylic acids is 1. The molecule has 80 valence electrons. The summed E-state index contributed by atoms with van der Waals surface area (Å²) in [5.74, 6) is -2.38. The van der Waals surface area contributed by atoms with E-state index in [0.29, 0.717) is 13.0 Å². The molecule has 0 aliphatic carbocycles. The molecule has 0 aromatic carbocycles. The highest BCUT2D eigenvalue weighted by atomic mass is 16.4. The van der Waals surface area contributed by atoms with Gasteiger partial charge in [-0.05, 0) is 11.8 Å². The summed E-state index contributed by atoms with van der Waals surface area (Å²) in [7, 11) is 0. The molecule has 1 saturated heterocycles. The number of carboxylic acids is 1. The molecule has 1 amide bonds. The molecule has 0 aromatic rings. The molecule has 1 aliphatic rings. The molecule has 14 heavy (non-hydrogen) atoms. The van der Waals surface area contributed by atoms with Gasteiger partial charge in [0.1, 0.15) is 0 Å². The van der Waals surface area contributed by atoms with E-state index < -0.39 is 11.9 Å². The Morgan fingerprint density at radius 1 is 1.50 bits per heavy atom. The van der Waals surface area contributed by atoms with Crippen LogP contribution in [0.3, 0.4) is 0 Å². The quantitative estimate of drug-likeness (QED) is 0.570. The minimum Gasteiger partial charge on any atom is -0.474 e. The Morgan fingerprint density at radius 2 is 2.07 bits per heavy atom. The number of amides is 1. The predicted molar refractivity (Wildman–Crippen MR) is 48.6 cm³/mol. The van der Waals surface area contributed by atoms with Gasteiger partial charge in [0.05, 0.1) is 12.6 Å². The first kappa shape index (κ1) is 11.0. The molecule has 5 heteroatoms. The van der Waals surface area contributed by atoms with Gasteiger partial charge in [0, 0.05) is 6.54 Å². The minimum absolute atomic E-state index is 0.113. The van der Waals surface area contributed by atoms with Crippen LogP contribution in [0.4, 0.5) is 0 Å². The van der Waals surface area contributed by atoms with Crippen LogP contribution in [-0.4, -0.2) is 46.2 Å². The van der Waals surface area contributed by atoms with E-state index in [4.69, 9.17) is 10.2 Å². The second-order valence-electron chi connectivity index (χ2n) is 4.44. The largest absolute Gasteiger partial charge is 0.474 e. The van der Waals surface area contributed by atoms with Gasteiger partial charge < -0.3 is 15.1 Å². The maximum atomic E-state index is 11.2. The maximum absolute atomic E-state index is 11.2. The standard InChI is InChI=1S/C9H15NO4/c1-9(2)3-6(4-11)10(5-9)7(12)8(13)14/h6,11H,3-5H2,1-2H3,(H,13,14). The third-order valence-electron chi connectivity index (χ3n) is 2.48. The molecule has 1 unspecified atom stereocenters. The molecule has 1 rings (SSSR count). The zero-order valence-electron chi connectivity index (χ0n) is 8.36. The van der Waals surface area contributed by atoms with E-state index in [-0.39, 0.29) is 18.1 Å². The van der Waals surface area contributed by atoms with Gasteiger partial charge in [0.15, 0.2) is 0 Å². The zero-order chi connectivity index (χ0) is 10.9. The van der Waals surface area contributed by atoms with Crippen molar-refractivity contribution in [2.45, 2.75) is 26.3 Å². The number of hydrogen-bond acceptors (Lipinski definition) is 3. The van der Waals surface area contributed by atoms with Gasteiger partial charge in [-0.15, -0.1) is 0 Å². The van der Waals surface area contributed by atoms with Crippen LogP contribution in [0.1, 0.15) is 20.3 Å². The van der Waals surface area contributed by atoms with Crippen LogP contribution in [0, 0.1) is 5.41 Å². The number of nitrogens with zero attached hydrogens (tertiary/aromatic N) is 1. The van der Waals surface area contributed by atoms with Crippen molar-refractivity contribution in [1.29, 1.82) is 0 Å². The van der Waals surface area contributed by atoms with E-state index in [1.807, 2.05) is 13.8 Å². The average Bonchev–Trinajstić information content (AvgIpc) is 2.39. The van der Waals surface area contributed by atoms with E-state index >= 15 is 0 Å². The number of carbonyl (C=O) groups is 2. The van der Waals surface area contributed by atoms with Crippen molar-refractivity contribution in [1.82, 2.24) is 4.90 Å². The molecule has 1 fully saturated rings. The number of likely N-dealkylation sites (tertiary alicyclic amines) is 1. The van der Waals surface area contributed by atoms with Crippen LogP contribution in [0.15, 0.2) is 0 Å². The zero-order valence-corrected chi connectivity index (χ0v) is 8.36. The molecule has 1 atom stereocenters. The predicted octanol–water partition coefficient (Wildman–Crippen LogP) is -0.310. The van der Waals surface area contributed by atoms with E-state index in [2.05, 4.69) is 0 Å². The summed E-state index contributed by atoms with van der Waals surface area (Å²) < 4.78 is 0. The fraction of sp³-hybridized carbons (Fsp3) is 0.778. The summed E-state index contributed by atoms with van der Waals surface area (Å²) in [4.78, 5) is 22.9. The Bertz CT molecular complexity index is 262. The van der Waals surface area contributed by atoms with E-state index in [1.54, 1.807) is 0 Å². The maximum Gasteiger partial charge on any atom is 0.394 e. The number of carboxylic acid groups (broad SMARTS) is 1. The molecular weight excluding hydrogens is 186 g/mol. The lowest BCUT2D eigenvalue weighted by atomic mass is 9.91. The highest BCUT2D eigenvalue weighted by molar-refractivity contribution is 6.31. The van der Waals surface area contributed by atoms with Gasteiger partial charge in [0.2, 0.25) is 0 Å². The third-order valence-corrected chi connectivity index (χ3v) is 2.48. The van der Waals surface area contributed by atoms with E-state index in [9.17, 15) is 9.59 Å². The molecule has 1 heterocycles. The van der Waals surface area contributed by atoms with Crippen LogP contribution >= 0.6 is 0 Å². The molecule has 5 nitrogen and oxygen atoms in total. The molecule has 2 N–H and O–H groups in total. The van der Waals surface area contributed by atoms with Crippen LogP contribution in [-0.2, 0) is 9.59 Å². The first-order valence-corrected chi connectivity index (χ1v) is 4.52.